The molecule has 0 aliphatic heterocycles. The van der Waals surface area contributed by atoms with E-state index in [0.29, 0.717) is 12.1 Å². The first-order valence-corrected chi connectivity index (χ1v) is 8.09. The van der Waals surface area contributed by atoms with Gasteiger partial charge in [-0.25, -0.2) is 0 Å². The maximum atomic E-state index is 12.5. The van der Waals surface area contributed by atoms with Gasteiger partial charge in [-0.2, -0.15) is 0 Å². The van der Waals surface area contributed by atoms with E-state index in [4.69, 9.17) is 0 Å². The molecule has 1 fully saturated rings. The highest BCUT2D eigenvalue weighted by Gasteiger charge is 2.29. The van der Waals surface area contributed by atoms with Gasteiger partial charge in [0.05, 0.1) is 16.7 Å². The Hall–Kier alpha value is -1.81. The minimum atomic E-state index is -0.733. The number of carbonyl (C=O) groups is 1. The van der Waals surface area contributed by atoms with Crippen LogP contribution in [-0.2, 0) is 0 Å². The van der Waals surface area contributed by atoms with E-state index in [1.165, 1.54) is 12.0 Å². The average molecular weight is 300 g/mol. The molecule has 1 aromatic heterocycles. The number of H-pyrrole nitrogens is 1. The lowest BCUT2D eigenvalue weighted by Crippen LogP contribution is -2.44. The molecule has 2 aromatic rings. The molecule has 4 heteroatoms. The number of rotatable bonds is 3. The van der Waals surface area contributed by atoms with E-state index in [2.05, 4.69) is 17.2 Å². The number of aliphatic hydroxyl groups is 1. The molecule has 0 unspecified atom stereocenters. The molecule has 118 valence electrons. The lowest BCUT2D eigenvalue weighted by Gasteiger charge is -2.32. The SMILES string of the molecule is Cc1[nH]c2c(C(=O)NCC3(O)CCCCC3)cccc2c1C. The first-order chi connectivity index (χ1) is 10.5. The fourth-order valence-electron chi connectivity index (χ4n) is 3.40. The van der Waals surface area contributed by atoms with Gasteiger partial charge in [0.2, 0.25) is 0 Å². The van der Waals surface area contributed by atoms with Gasteiger partial charge in [-0.15, -0.1) is 0 Å². The summed E-state index contributed by atoms with van der Waals surface area (Å²) in [4.78, 5) is 15.8. The Balaban J connectivity index is 1.79. The van der Waals surface area contributed by atoms with Crippen LogP contribution in [-0.4, -0.2) is 28.1 Å². The van der Waals surface area contributed by atoms with Crippen molar-refractivity contribution in [2.45, 2.75) is 51.6 Å². The van der Waals surface area contributed by atoms with Crippen molar-refractivity contribution >= 4 is 16.8 Å². The maximum absolute atomic E-state index is 12.5. The van der Waals surface area contributed by atoms with Crippen LogP contribution < -0.4 is 5.32 Å². The summed E-state index contributed by atoms with van der Waals surface area (Å²) >= 11 is 0. The lowest BCUT2D eigenvalue weighted by molar-refractivity contribution is 0.00527. The monoisotopic (exact) mass is 300 g/mol. The average Bonchev–Trinajstić information content (AvgIpc) is 2.81. The predicted octanol–water partition coefficient (Wildman–Crippen LogP) is 3.21. The molecule has 3 rings (SSSR count). The Bertz CT molecular complexity index is 696. The van der Waals surface area contributed by atoms with Gasteiger partial charge in [0, 0.05) is 17.6 Å². The molecule has 3 N–H and O–H groups in total. The van der Waals surface area contributed by atoms with Crippen molar-refractivity contribution < 1.29 is 9.90 Å². The number of hydrogen-bond acceptors (Lipinski definition) is 2. The van der Waals surface area contributed by atoms with Gasteiger partial charge in [0.15, 0.2) is 0 Å². The van der Waals surface area contributed by atoms with Crippen LogP contribution in [0, 0.1) is 13.8 Å². The van der Waals surface area contributed by atoms with Crippen LogP contribution >= 0.6 is 0 Å². The number of amides is 1. The van der Waals surface area contributed by atoms with Gasteiger partial charge in [0.25, 0.3) is 5.91 Å². The number of para-hydroxylation sites is 1. The molecular weight excluding hydrogens is 276 g/mol. The van der Waals surface area contributed by atoms with Crippen molar-refractivity contribution in [2.75, 3.05) is 6.54 Å². The van der Waals surface area contributed by atoms with Crippen LogP contribution in [0.5, 0.6) is 0 Å². The molecule has 4 nitrogen and oxygen atoms in total. The van der Waals surface area contributed by atoms with Crippen molar-refractivity contribution in [1.82, 2.24) is 10.3 Å². The number of aryl methyl sites for hydroxylation is 2. The van der Waals surface area contributed by atoms with E-state index < -0.39 is 5.60 Å². The van der Waals surface area contributed by atoms with E-state index in [1.807, 2.05) is 25.1 Å². The van der Waals surface area contributed by atoms with Crippen LogP contribution in [0.1, 0.15) is 53.7 Å². The molecule has 1 amide bonds. The molecule has 1 aromatic carbocycles. The fraction of sp³-hybridized carbons (Fsp3) is 0.500. The number of benzene rings is 1. The normalized spacial score (nSPS) is 17.6. The Morgan fingerprint density at radius 3 is 2.73 bits per heavy atom. The van der Waals surface area contributed by atoms with Crippen molar-refractivity contribution in [3.8, 4) is 0 Å². The highest BCUT2D eigenvalue weighted by molar-refractivity contribution is 6.06. The molecule has 1 heterocycles. The van der Waals surface area contributed by atoms with Crippen molar-refractivity contribution in [3.63, 3.8) is 0 Å². The van der Waals surface area contributed by atoms with Gasteiger partial charge < -0.3 is 15.4 Å². The summed E-state index contributed by atoms with van der Waals surface area (Å²) in [6, 6.07) is 5.77. The van der Waals surface area contributed by atoms with Gasteiger partial charge in [-0.05, 0) is 38.3 Å². The molecule has 0 spiro atoms. The topological polar surface area (TPSA) is 65.1 Å². The zero-order valence-electron chi connectivity index (χ0n) is 13.3. The zero-order valence-corrected chi connectivity index (χ0v) is 13.3. The third-order valence-electron chi connectivity index (χ3n) is 4.95. The molecule has 1 saturated carbocycles. The predicted molar refractivity (Wildman–Crippen MR) is 88.1 cm³/mol. The Morgan fingerprint density at radius 1 is 1.27 bits per heavy atom. The Labute approximate surface area is 130 Å². The third-order valence-corrected chi connectivity index (χ3v) is 4.95. The highest BCUT2D eigenvalue weighted by atomic mass is 16.3. The number of aromatic nitrogens is 1. The van der Waals surface area contributed by atoms with Gasteiger partial charge in [-0.3, -0.25) is 4.79 Å². The molecule has 1 aliphatic carbocycles. The molecule has 0 atom stereocenters. The van der Waals surface area contributed by atoms with E-state index in [1.54, 1.807) is 0 Å². The quantitative estimate of drug-likeness (QED) is 0.815. The maximum Gasteiger partial charge on any atom is 0.253 e. The first kappa shape index (κ1) is 15.1. The van der Waals surface area contributed by atoms with Crippen LogP contribution in [0.25, 0.3) is 10.9 Å². The minimum absolute atomic E-state index is 0.120. The van der Waals surface area contributed by atoms with Crippen LogP contribution in [0.2, 0.25) is 0 Å². The van der Waals surface area contributed by atoms with Gasteiger partial charge >= 0.3 is 0 Å². The second-order valence-corrected chi connectivity index (χ2v) is 6.57. The Kier molecular flexibility index (Phi) is 3.96. The standard InChI is InChI=1S/C18H24N2O2/c1-12-13(2)20-16-14(12)7-6-8-15(16)17(21)19-11-18(22)9-4-3-5-10-18/h6-8,20,22H,3-5,9-11H2,1-2H3,(H,19,21). The summed E-state index contributed by atoms with van der Waals surface area (Å²) in [5.74, 6) is -0.120. The van der Waals surface area contributed by atoms with Gasteiger partial charge in [-0.1, -0.05) is 31.4 Å². The smallest absolute Gasteiger partial charge is 0.253 e. The molecule has 0 radical (unpaired) electrons. The number of fused-ring (bicyclic) bond motifs is 1. The Morgan fingerprint density at radius 2 is 2.00 bits per heavy atom. The summed E-state index contributed by atoms with van der Waals surface area (Å²) in [6.07, 6.45) is 4.81. The molecule has 0 saturated heterocycles. The van der Waals surface area contributed by atoms with Crippen molar-refractivity contribution in [3.05, 3.63) is 35.0 Å². The van der Waals surface area contributed by atoms with Crippen molar-refractivity contribution in [2.24, 2.45) is 0 Å². The number of aromatic amines is 1. The summed E-state index contributed by atoms with van der Waals surface area (Å²) in [6.45, 7) is 4.41. The number of hydrogen-bond donors (Lipinski definition) is 3. The van der Waals surface area contributed by atoms with E-state index >= 15 is 0 Å². The first-order valence-electron chi connectivity index (χ1n) is 8.09. The molecule has 22 heavy (non-hydrogen) atoms. The van der Waals surface area contributed by atoms with Crippen LogP contribution in [0.15, 0.2) is 18.2 Å². The third kappa shape index (κ3) is 2.75. The fourth-order valence-corrected chi connectivity index (χ4v) is 3.40. The highest BCUT2D eigenvalue weighted by Crippen LogP contribution is 2.28. The van der Waals surface area contributed by atoms with Crippen molar-refractivity contribution in [1.29, 1.82) is 0 Å². The minimum Gasteiger partial charge on any atom is -0.388 e. The van der Waals surface area contributed by atoms with E-state index in [0.717, 1.165) is 42.3 Å². The largest absolute Gasteiger partial charge is 0.388 e. The second-order valence-electron chi connectivity index (χ2n) is 6.57. The second kappa shape index (κ2) is 5.76. The van der Waals surface area contributed by atoms with Crippen LogP contribution in [0.4, 0.5) is 0 Å². The lowest BCUT2D eigenvalue weighted by atomic mass is 9.85. The number of nitrogens with one attached hydrogen (secondary N) is 2. The summed E-state index contributed by atoms with van der Waals surface area (Å²) in [5, 5.41) is 14.5. The molecule has 0 bridgehead atoms. The molecule has 1 aliphatic rings. The van der Waals surface area contributed by atoms with E-state index in [-0.39, 0.29) is 5.91 Å². The number of carbonyl (C=O) groups excluding carboxylic acids is 1. The zero-order chi connectivity index (χ0) is 15.7. The summed E-state index contributed by atoms with van der Waals surface area (Å²) in [7, 11) is 0. The summed E-state index contributed by atoms with van der Waals surface area (Å²) < 4.78 is 0. The molecular formula is C18H24N2O2. The van der Waals surface area contributed by atoms with Gasteiger partial charge in [0.1, 0.15) is 0 Å². The van der Waals surface area contributed by atoms with Crippen LogP contribution in [0.3, 0.4) is 0 Å². The summed E-state index contributed by atoms with van der Waals surface area (Å²) in [5.41, 5.74) is 3.05. The van der Waals surface area contributed by atoms with E-state index in [9.17, 15) is 9.90 Å².